The second-order valence-corrected chi connectivity index (χ2v) is 4.22. The lowest BCUT2D eigenvalue weighted by Gasteiger charge is -2.11. The van der Waals surface area contributed by atoms with E-state index in [9.17, 15) is 0 Å². The fourth-order valence-corrected chi connectivity index (χ4v) is 1.44. The standard InChI is InChI=1S/C12H17N3/c1-15(2)11-7-5-10(6-8-11)14-12(13)9-3-4-9/h5-9H,3-4H2,1-2H3,(H2,13,14). The van der Waals surface area contributed by atoms with Gasteiger partial charge >= 0.3 is 0 Å². The minimum absolute atomic E-state index is 0.540. The predicted octanol–water partition coefficient (Wildman–Crippen LogP) is 2.15. The SMILES string of the molecule is CN(C)c1ccc(N=C(N)C2CC2)cc1. The van der Waals surface area contributed by atoms with Crippen LogP contribution in [0.2, 0.25) is 0 Å². The maximum absolute atomic E-state index is 5.85. The van der Waals surface area contributed by atoms with Crippen LogP contribution in [0.4, 0.5) is 11.4 Å². The first-order valence-electron chi connectivity index (χ1n) is 5.28. The molecule has 1 saturated carbocycles. The van der Waals surface area contributed by atoms with Crippen LogP contribution in [0.3, 0.4) is 0 Å². The van der Waals surface area contributed by atoms with Gasteiger partial charge in [-0.15, -0.1) is 0 Å². The van der Waals surface area contributed by atoms with Gasteiger partial charge in [0.2, 0.25) is 0 Å². The molecule has 0 bridgehead atoms. The number of nitrogens with two attached hydrogens (primary N) is 1. The molecular formula is C12H17N3. The fourth-order valence-electron chi connectivity index (χ4n) is 1.44. The Bertz CT molecular complexity index is 361. The summed E-state index contributed by atoms with van der Waals surface area (Å²) in [5.74, 6) is 1.33. The summed E-state index contributed by atoms with van der Waals surface area (Å²) in [6.45, 7) is 0. The van der Waals surface area contributed by atoms with Crippen LogP contribution in [-0.4, -0.2) is 19.9 Å². The number of nitrogens with zero attached hydrogens (tertiary/aromatic N) is 2. The molecule has 0 spiro atoms. The summed E-state index contributed by atoms with van der Waals surface area (Å²) in [4.78, 5) is 6.46. The van der Waals surface area contributed by atoms with E-state index in [4.69, 9.17) is 5.73 Å². The van der Waals surface area contributed by atoms with E-state index in [1.165, 1.54) is 18.5 Å². The van der Waals surface area contributed by atoms with Crippen molar-refractivity contribution in [1.29, 1.82) is 0 Å². The van der Waals surface area contributed by atoms with Crippen LogP contribution in [0.1, 0.15) is 12.8 Å². The van der Waals surface area contributed by atoms with Crippen LogP contribution in [-0.2, 0) is 0 Å². The van der Waals surface area contributed by atoms with Gasteiger partial charge in [-0.1, -0.05) is 0 Å². The van der Waals surface area contributed by atoms with Gasteiger partial charge in [0.15, 0.2) is 0 Å². The highest BCUT2D eigenvalue weighted by atomic mass is 15.1. The van der Waals surface area contributed by atoms with E-state index < -0.39 is 0 Å². The first-order chi connectivity index (χ1) is 7.16. The van der Waals surface area contributed by atoms with Crippen molar-refractivity contribution in [3.8, 4) is 0 Å². The van der Waals surface area contributed by atoms with E-state index in [-0.39, 0.29) is 0 Å². The second-order valence-electron chi connectivity index (χ2n) is 4.22. The molecule has 0 radical (unpaired) electrons. The minimum Gasteiger partial charge on any atom is -0.387 e. The Kier molecular flexibility index (Phi) is 2.62. The lowest BCUT2D eigenvalue weighted by molar-refractivity contribution is 1.13. The van der Waals surface area contributed by atoms with Crippen LogP contribution in [0.25, 0.3) is 0 Å². The van der Waals surface area contributed by atoms with Crippen LogP contribution >= 0.6 is 0 Å². The lowest BCUT2D eigenvalue weighted by Crippen LogP contribution is -2.13. The monoisotopic (exact) mass is 203 g/mol. The summed E-state index contributed by atoms with van der Waals surface area (Å²) in [5, 5.41) is 0. The summed E-state index contributed by atoms with van der Waals surface area (Å²) >= 11 is 0. The molecule has 0 atom stereocenters. The van der Waals surface area contributed by atoms with Crippen molar-refractivity contribution in [2.75, 3.05) is 19.0 Å². The van der Waals surface area contributed by atoms with Gasteiger partial charge in [-0.05, 0) is 37.1 Å². The average Bonchev–Trinajstić information content (AvgIpc) is 3.01. The first kappa shape index (κ1) is 10.0. The molecule has 1 aliphatic carbocycles. The molecule has 0 heterocycles. The quantitative estimate of drug-likeness (QED) is 0.604. The molecule has 80 valence electrons. The van der Waals surface area contributed by atoms with E-state index in [0.29, 0.717) is 5.92 Å². The zero-order valence-electron chi connectivity index (χ0n) is 9.27. The number of rotatable bonds is 3. The van der Waals surface area contributed by atoms with Crippen LogP contribution < -0.4 is 10.6 Å². The van der Waals surface area contributed by atoms with Crippen molar-refractivity contribution in [3.05, 3.63) is 24.3 Å². The van der Waals surface area contributed by atoms with Crippen molar-refractivity contribution >= 4 is 17.2 Å². The number of benzene rings is 1. The van der Waals surface area contributed by atoms with Gasteiger partial charge in [0, 0.05) is 25.7 Å². The van der Waals surface area contributed by atoms with Crippen molar-refractivity contribution < 1.29 is 0 Å². The Morgan fingerprint density at radius 2 is 1.87 bits per heavy atom. The van der Waals surface area contributed by atoms with Crippen LogP contribution in [0.15, 0.2) is 29.3 Å². The predicted molar refractivity (Wildman–Crippen MR) is 64.8 cm³/mol. The number of aliphatic imine (C=N–C) groups is 1. The molecule has 1 aliphatic rings. The number of amidine groups is 1. The molecular weight excluding hydrogens is 186 g/mol. The van der Waals surface area contributed by atoms with Gasteiger partial charge in [-0.2, -0.15) is 0 Å². The van der Waals surface area contributed by atoms with Gasteiger partial charge < -0.3 is 10.6 Å². The molecule has 0 saturated heterocycles. The number of hydrogen-bond donors (Lipinski definition) is 1. The molecule has 15 heavy (non-hydrogen) atoms. The zero-order chi connectivity index (χ0) is 10.8. The summed E-state index contributed by atoms with van der Waals surface area (Å²) < 4.78 is 0. The molecule has 3 heteroatoms. The van der Waals surface area contributed by atoms with Gasteiger partial charge in [0.1, 0.15) is 5.84 Å². The Balaban J connectivity index is 2.12. The Hall–Kier alpha value is -1.51. The molecule has 2 rings (SSSR count). The van der Waals surface area contributed by atoms with E-state index in [0.717, 1.165) is 11.5 Å². The maximum Gasteiger partial charge on any atom is 0.103 e. The Labute approximate surface area is 90.6 Å². The number of anilines is 1. The molecule has 1 aromatic rings. The normalized spacial score (nSPS) is 16.5. The molecule has 0 unspecified atom stereocenters. The van der Waals surface area contributed by atoms with E-state index in [1.54, 1.807) is 0 Å². The number of hydrogen-bond acceptors (Lipinski definition) is 2. The second kappa shape index (κ2) is 3.93. The van der Waals surface area contributed by atoms with E-state index in [1.807, 2.05) is 26.2 Å². The molecule has 0 aromatic heterocycles. The highest BCUT2D eigenvalue weighted by Crippen LogP contribution is 2.30. The molecule has 2 N–H and O–H groups in total. The highest BCUT2D eigenvalue weighted by Gasteiger charge is 2.25. The van der Waals surface area contributed by atoms with Crippen molar-refractivity contribution in [2.45, 2.75) is 12.8 Å². The summed E-state index contributed by atoms with van der Waals surface area (Å²) in [5.41, 5.74) is 7.98. The van der Waals surface area contributed by atoms with Gasteiger partial charge in [0.25, 0.3) is 0 Å². The summed E-state index contributed by atoms with van der Waals surface area (Å²) in [6.07, 6.45) is 2.40. The summed E-state index contributed by atoms with van der Waals surface area (Å²) in [7, 11) is 4.05. The van der Waals surface area contributed by atoms with Crippen LogP contribution in [0, 0.1) is 5.92 Å². The third-order valence-electron chi connectivity index (χ3n) is 2.62. The maximum atomic E-state index is 5.85. The first-order valence-corrected chi connectivity index (χ1v) is 5.28. The molecule has 0 amide bonds. The zero-order valence-corrected chi connectivity index (χ0v) is 9.27. The Morgan fingerprint density at radius 1 is 1.27 bits per heavy atom. The van der Waals surface area contributed by atoms with E-state index in [2.05, 4.69) is 22.0 Å². The van der Waals surface area contributed by atoms with Gasteiger partial charge in [-0.3, -0.25) is 0 Å². The smallest absolute Gasteiger partial charge is 0.103 e. The molecule has 1 fully saturated rings. The fraction of sp³-hybridized carbons (Fsp3) is 0.417. The van der Waals surface area contributed by atoms with Crippen molar-refractivity contribution in [1.82, 2.24) is 0 Å². The van der Waals surface area contributed by atoms with Gasteiger partial charge in [0.05, 0.1) is 5.69 Å². The van der Waals surface area contributed by atoms with Crippen molar-refractivity contribution in [2.24, 2.45) is 16.6 Å². The highest BCUT2D eigenvalue weighted by molar-refractivity contribution is 5.87. The van der Waals surface area contributed by atoms with E-state index >= 15 is 0 Å². The summed E-state index contributed by atoms with van der Waals surface area (Å²) in [6, 6.07) is 8.12. The van der Waals surface area contributed by atoms with Crippen molar-refractivity contribution in [3.63, 3.8) is 0 Å². The third-order valence-corrected chi connectivity index (χ3v) is 2.62. The molecule has 0 aliphatic heterocycles. The largest absolute Gasteiger partial charge is 0.387 e. The molecule has 3 nitrogen and oxygen atoms in total. The van der Waals surface area contributed by atoms with Crippen LogP contribution in [0.5, 0.6) is 0 Å². The average molecular weight is 203 g/mol. The molecule has 1 aromatic carbocycles. The minimum atomic E-state index is 0.540. The topological polar surface area (TPSA) is 41.6 Å². The lowest BCUT2D eigenvalue weighted by atomic mass is 10.2. The Morgan fingerprint density at radius 3 is 2.33 bits per heavy atom. The third kappa shape index (κ3) is 2.49. The van der Waals surface area contributed by atoms with Gasteiger partial charge in [-0.25, -0.2) is 4.99 Å².